The van der Waals surface area contributed by atoms with E-state index >= 15 is 0 Å². The van der Waals surface area contributed by atoms with Crippen LogP contribution in [-0.2, 0) is 6.54 Å². The molecule has 0 amide bonds. The molecule has 0 atom stereocenters. The molecule has 0 saturated carbocycles. The molecule has 94 valence electrons. The molecule has 3 aromatic rings. The fourth-order valence-electron chi connectivity index (χ4n) is 2.74. The number of hydrogen-bond acceptors (Lipinski definition) is 2. The predicted molar refractivity (Wildman–Crippen MR) is 76.9 cm³/mol. The summed E-state index contributed by atoms with van der Waals surface area (Å²) in [6, 6.07) is 18.2. The fraction of sp³-hybridized carbons (Fsp3) is 0.0588. The smallest absolute Gasteiger partial charge is 0.141 e. The van der Waals surface area contributed by atoms with E-state index in [1.807, 2.05) is 36.5 Å². The number of nitrogens with zero attached hydrogens (tertiary/aromatic N) is 3. The predicted octanol–water partition coefficient (Wildman–Crippen LogP) is 3.45. The van der Waals surface area contributed by atoms with Crippen molar-refractivity contribution in [3.05, 3.63) is 65.9 Å². The number of aromatic nitrogens is 2. The molecule has 4 rings (SSSR count). The quantitative estimate of drug-likeness (QED) is 0.524. The molecule has 0 saturated heterocycles. The molecule has 3 heteroatoms. The largest absolute Gasteiger partial charge is 0.319 e. The molecule has 2 aromatic carbocycles. The maximum absolute atomic E-state index is 8.86. The Balaban J connectivity index is 1.83. The number of nitriles is 1. The minimum atomic E-state index is 0.679. The first-order chi connectivity index (χ1) is 9.86. The van der Waals surface area contributed by atoms with Gasteiger partial charge in [0, 0.05) is 5.56 Å². The lowest BCUT2D eigenvalue weighted by molar-refractivity contribution is 0.856. The van der Waals surface area contributed by atoms with Crippen LogP contribution < -0.4 is 0 Å². The zero-order valence-corrected chi connectivity index (χ0v) is 10.7. The van der Waals surface area contributed by atoms with E-state index in [1.54, 1.807) is 0 Å². The Kier molecular flexibility index (Phi) is 2.24. The molecule has 1 aliphatic rings. The van der Waals surface area contributed by atoms with E-state index in [0.717, 1.165) is 23.6 Å². The average Bonchev–Trinajstić information content (AvgIpc) is 3.06. The van der Waals surface area contributed by atoms with Gasteiger partial charge in [-0.2, -0.15) is 5.26 Å². The molecule has 1 aromatic heterocycles. The fourth-order valence-corrected chi connectivity index (χ4v) is 2.74. The van der Waals surface area contributed by atoms with Crippen LogP contribution in [0.25, 0.3) is 22.6 Å². The Morgan fingerprint density at radius 2 is 1.85 bits per heavy atom. The van der Waals surface area contributed by atoms with Gasteiger partial charge in [-0.25, -0.2) is 4.98 Å². The van der Waals surface area contributed by atoms with E-state index < -0.39 is 0 Å². The van der Waals surface area contributed by atoms with Crippen LogP contribution in [-0.4, -0.2) is 9.55 Å². The highest BCUT2D eigenvalue weighted by Crippen LogP contribution is 2.35. The van der Waals surface area contributed by atoms with E-state index in [0.29, 0.717) is 5.56 Å². The Morgan fingerprint density at radius 3 is 2.65 bits per heavy atom. The number of imidazole rings is 1. The second kappa shape index (κ2) is 4.07. The lowest BCUT2D eigenvalue weighted by atomic mass is 10.1. The monoisotopic (exact) mass is 257 g/mol. The van der Waals surface area contributed by atoms with Crippen molar-refractivity contribution in [3.63, 3.8) is 0 Å². The Hall–Kier alpha value is -2.86. The number of hydrogen-bond donors (Lipinski definition) is 0. The van der Waals surface area contributed by atoms with E-state index in [9.17, 15) is 0 Å². The zero-order chi connectivity index (χ0) is 13.5. The average molecular weight is 257 g/mol. The summed E-state index contributed by atoms with van der Waals surface area (Å²) in [7, 11) is 0. The molecule has 3 nitrogen and oxygen atoms in total. The standard InChI is InChI=1S/C17H11N3/c18-9-12-5-7-13(8-6-12)16-10-19-17-15-4-2-1-3-14(15)11-20(16)17/h1-8,10H,11H2. The van der Waals surface area contributed by atoms with E-state index in [4.69, 9.17) is 5.26 Å². The summed E-state index contributed by atoms with van der Waals surface area (Å²) < 4.78 is 2.23. The van der Waals surface area contributed by atoms with Gasteiger partial charge >= 0.3 is 0 Å². The van der Waals surface area contributed by atoms with Crippen LogP contribution in [0.5, 0.6) is 0 Å². The first-order valence-electron chi connectivity index (χ1n) is 6.51. The molecule has 2 heterocycles. The van der Waals surface area contributed by atoms with Crippen LogP contribution in [0.2, 0.25) is 0 Å². The summed E-state index contributed by atoms with van der Waals surface area (Å²) in [5.41, 5.74) is 5.40. The van der Waals surface area contributed by atoms with Gasteiger partial charge in [-0.1, -0.05) is 36.4 Å². The normalized spacial score (nSPS) is 11.8. The number of rotatable bonds is 1. The minimum Gasteiger partial charge on any atom is -0.319 e. The van der Waals surface area contributed by atoms with Crippen LogP contribution in [0.1, 0.15) is 11.1 Å². The van der Waals surface area contributed by atoms with Gasteiger partial charge in [-0.15, -0.1) is 0 Å². The SMILES string of the molecule is N#Cc1ccc(-c2cnc3n2Cc2ccccc2-3)cc1. The van der Waals surface area contributed by atoms with Crippen molar-refractivity contribution in [2.45, 2.75) is 6.54 Å². The van der Waals surface area contributed by atoms with Gasteiger partial charge in [0.15, 0.2) is 0 Å². The van der Waals surface area contributed by atoms with Crippen LogP contribution in [0.4, 0.5) is 0 Å². The van der Waals surface area contributed by atoms with Crippen molar-refractivity contribution in [1.29, 1.82) is 5.26 Å². The molecular formula is C17H11N3. The highest BCUT2D eigenvalue weighted by Gasteiger charge is 2.22. The summed E-state index contributed by atoms with van der Waals surface area (Å²) in [5.74, 6) is 1.03. The van der Waals surface area contributed by atoms with Crippen LogP contribution >= 0.6 is 0 Å². The van der Waals surface area contributed by atoms with Crippen molar-refractivity contribution in [1.82, 2.24) is 9.55 Å². The first-order valence-corrected chi connectivity index (χ1v) is 6.51. The van der Waals surface area contributed by atoms with Crippen molar-refractivity contribution in [2.24, 2.45) is 0 Å². The number of benzene rings is 2. The second-order valence-corrected chi connectivity index (χ2v) is 4.90. The maximum atomic E-state index is 8.86. The Morgan fingerprint density at radius 1 is 1.05 bits per heavy atom. The second-order valence-electron chi connectivity index (χ2n) is 4.90. The van der Waals surface area contributed by atoms with E-state index in [2.05, 4.69) is 33.8 Å². The third-order valence-corrected chi connectivity index (χ3v) is 3.75. The van der Waals surface area contributed by atoms with Crippen molar-refractivity contribution < 1.29 is 0 Å². The molecule has 20 heavy (non-hydrogen) atoms. The molecule has 0 radical (unpaired) electrons. The molecule has 0 bridgehead atoms. The van der Waals surface area contributed by atoms with Gasteiger partial charge in [0.2, 0.25) is 0 Å². The lowest BCUT2D eigenvalue weighted by Gasteiger charge is -2.05. The summed E-state index contributed by atoms with van der Waals surface area (Å²) in [5, 5.41) is 8.86. The Labute approximate surface area is 116 Å². The topological polar surface area (TPSA) is 41.6 Å². The maximum Gasteiger partial charge on any atom is 0.141 e. The van der Waals surface area contributed by atoms with Crippen LogP contribution in [0.15, 0.2) is 54.7 Å². The number of fused-ring (bicyclic) bond motifs is 3. The highest BCUT2D eigenvalue weighted by molar-refractivity contribution is 5.71. The molecule has 0 unspecified atom stereocenters. The molecule has 0 fully saturated rings. The zero-order valence-electron chi connectivity index (χ0n) is 10.7. The van der Waals surface area contributed by atoms with Gasteiger partial charge in [0.25, 0.3) is 0 Å². The van der Waals surface area contributed by atoms with E-state index in [1.165, 1.54) is 11.1 Å². The van der Waals surface area contributed by atoms with Crippen molar-refractivity contribution >= 4 is 0 Å². The van der Waals surface area contributed by atoms with Gasteiger partial charge in [0.05, 0.1) is 30.1 Å². The minimum absolute atomic E-state index is 0.679. The summed E-state index contributed by atoms with van der Waals surface area (Å²) in [6.45, 7) is 0.862. The first kappa shape index (κ1) is 11.0. The third-order valence-electron chi connectivity index (χ3n) is 3.75. The summed E-state index contributed by atoms with van der Waals surface area (Å²) >= 11 is 0. The molecule has 1 aliphatic heterocycles. The highest BCUT2D eigenvalue weighted by atomic mass is 15.1. The van der Waals surface area contributed by atoms with Crippen LogP contribution in [0.3, 0.4) is 0 Å². The molecule has 0 aliphatic carbocycles. The molecule has 0 N–H and O–H groups in total. The molecule has 0 spiro atoms. The molecular weight excluding hydrogens is 246 g/mol. The van der Waals surface area contributed by atoms with Crippen LogP contribution in [0, 0.1) is 11.3 Å². The summed E-state index contributed by atoms with van der Waals surface area (Å²) in [6.07, 6.45) is 1.91. The summed E-state index contributed by atoms with van der Waals surface area (Å²) in [4.78, 5) is 4.55. The van der Waals surface area contributed by atoms with Gasteiger partial charge in [-0.3, -0.25) is 0 Å². The third kappa shape index (κ3) is 1.49. The lowest BCUT2D eigenvalue weighted by Crippen LogP contribution is -1.95. The van der Waals surface area contributed by atoms with Crippen molar-refractivity contribution in [3.8, 4) is 28.7 Å². The van der Waals surface area contributed by atoms with E-state index in [-0.39, 0.29) is 0 Å². The van der Waals surface area contributed by atoms with Crippen molar-refractivity contribution in [2.75, 3.05) is 0 Å². The van der Waals surface area contributed by atoms with Gasteiger partial charge < -0.3 is 4.57 Å². The Bertz CT molecular complexity index is 835. The van der Waals surface area contributed by atoms with Gasteiger partial charge in [-0.05, 0) is 23.3 Å². The van der Waals surface area contributed by atoms with Gasteiger partial charge in [0.1, 0.15) is 5.82 Å².